The third kappa shape index (κ3) is 1.85. The second kappa shape index (κ2) is 5.06. The van der Waals surface area contributed by atoms with E-state index in [2.05, 4.69) is 0 Å². The topological polar surface area (TPSA) is 56.5 Å². The van der Waals surface area contributed by atoms with Crippen LogP contribution in [0.5, 0.6) is 0 Å². The van der Waals surface area contributed by atoms with Crippen molar-refractivity contribution in [2.45, 2.75) is 0 Å². The molecule has 29 heavy (non-hydrogen) atoms. The molecule has 4 aromatic carbocycles. The van der Waals surface area contributed by atoms with E-state index in [9.17, 15) is 4.79 Å². The van der Waals surface area contributed by atoms with Gasteiger partial charge in [0.15, 0.2) is 0 Å². The van der Waals surface area contributed by atoms with E-state index in [0.29, 0.717) is 33.1 Å². The fourth-order valence-corrected chi connectivity index (χ4v) is 4.37. The Bertz CT molecular complexity index is 1830. The third-order valence-electron chi connectivity index (χ3n) is 5.68. The second-order valence-electron chi connectivity index (χ2n) is 7.28. The van der Waals surface area contributed by atoms with E-state index in [4.69, 9.17) is 13.3 Å². The van der Waals surface area contributed by atoms with Crippen molar-refractivity contribution in [3.63, 3.8) is 0 Å². The van der Waals surface area contributed by atoms with Crippen LogP contribution >= 0.6 is 0 Å². The van der Waals surface area contributed by atoms with Gasteiger partial charge in [0.2, 0.25) is 5.43 Å². The summed E-state index contributed by atoms with van der Waals surface area (Å²) >= 11 is 0. The first kappa shape index (κ1) is 14.9. The van der Waals surface area contributed by atoms with Crippen LogP contribution in [-0.2, 0) is 0 Å². The minimum absolute atomic E-state index is 0.0826. The Morgan fingerprint density at radius 2 is 1.00 bits per heavy atom. The first-order chi connectivity index (χ1) is 14.3. The van der Waals surface area contributed by atoms with Crippen molar-refractivity contribution in [3.05, 3.63) is 83.0 Å². The van der Waals surface area contributed by atoms with E-state index in [1.807, 2.05) is 60.7 Å². The Hall–Kier alpha value is -4.05. The van der Waals surface area contributed by atoms with Crippen LogP contribution < -0.4 is 5.43 Å². The van der Waals surface area contributed by atoms with Crippen molar-refractivity contribution in [3.8, 4) is 0 Å². The fourth-order valence-electron chi connectivity index (χ4n) is 4.37. The van der Waals surface area contributed by atoms with Gasteiger partial charge in [-0.15, -0.1) is 0 Å². The lowest BCUT2D eigenvalue weighted by Crippen LogP contribution is -2.02. The summed E-state index contributed by atoms with van der Waals surface area (Å²) in [6.07, 6.45) is 0. The molecule has 0 aliphatic carbocycles. The molecule has 4 heteroatoms. The number of hydrogen-bond acceptors (Lipinski definition) is 4. The van der Waals surface area contributed by atoms with E-state index in [-0.39, 0.29) is 5.43 Å². The lowest BCUT2D eigenvalue weighted by Gasteiger charge is -2.03. The van der Waals surface area contributed by atoms with Crippen LogP contribution in [-0.4, -0.2) is 0 Å². The van der Waals surface area contributed by atoms with E-state index in [1.54, 1.807) is 12.1 Å². The number of hydrogen-bond donors (Lipinski definition) is 0. The highest BCUT2D eigenvalue weighted by molar-refractivity contribution is 6.19. The number of furan rings is 2. The molecule has 0 unspecified atom stereocenters. The van der Waals surface area contributed by atoms with Crippen molar-refractivity contribution >= 4 is 65.8 Å². The molecular formula is C25H12O4. The van der Waals surface area contributed by atoms with Crippen LogP contribution in [0, 0.1) is 0 Å². The molecule has 0 aliphatic heterocycles. The lowest BCUT2D eigenvalue weighted by molar-refractivity contribution is 0.654. The standard InChI is InChI=1S/C25H12O4/c26-25-16-12-21-15(13-5-1-3-7-17(13)28-21)11-22(16)29-20-10-9-19-23(24(20)25)14-6-2-4-8-18(14)27-19/h1-12H. The molecule has 7 aromatic rings. The van der Waals surface area contributed by atoms with Crippen LogP contribution in [0.4, 0.5) is 0 Å². The molecule has 0 saturated carbocycles. The molecule has 0 fully saturated rings. The quantitative estimate of drug-likeness (QED) is 0.275. The summed E-state index contributed by atoms with van der Waals surface area (Å²) in [6.45, 7) is 0. The average Bonchev–Trinajstić information content (AvgIpc) is 3.30. The molecule has 0 N–H and O–H groups in total. The predicted molar refractivity (Wildman–Crippen MR) is 115 cm³/mol. The van der Waals surface area contributed by atoms with Crippen LogP contribution in [0.15, 0.2) is 90.8 Å². The first-order valence-electron chi connectivity index (χ1n) is 9.40. The maximum Gasteiger partial charge on any atom is 0.201 e. The van der Waals surface area contributed by atoms with E-state index in [0.717, 1.165) is 32.7 Å². The summed E-state index contributed by atoms with van der Waals surface area (Å²) in [5, 5.41) is 4.68. The van der Waals surface area contributed by atoms with E-state index in [1.165, 1.54) is 0 Å². The second-order valence-corrected chi connectivity index (χ2v) is 7.28. The number of benzene rings is 4. The number of rotatable bonds is 0. The summed E-state index contributed by atoms with van der Waals surface area (Å²) in [4.78, 5) is 13.6. The molecule has 0 radical (unpaired) electrons. The van der Waals surface area contributed by atoms with Crippen LogP contribution in [0.3, 0.4) is 0 Å². The predicted octanol–water partition coefficient (Wildman–Crippen LogP) is 6.75. The molecule has 0 saturated heterocycles. The van der Waals surface area contributed by atoms with Crippen molar-refractivity contribution < 1.29 is 13.3 Å². The van der Waals surface area contributed by atoms with Crippen LogP contribution in [0.25, 0.3) is 65.8 Å². The van der Waals surface area contributed by atoms with Crippen LogP contribution in [0.2, 0.25) is 0 Å². The molecule has 0 spiro atoms. The Morgan fingerprint density at radius 1 is 0.448 bits per heavy atom. The minimum Gasteiger partial charge on any atom is -0.456 e. The van der Waals surface area contributed by atoms with Crippen molar-refractivity contribution in [1.82, 2.24) is 0 Å². The van der Waals surface area contributed by atoms with E-state index < -0.39 is 0 Å². The summed E-state index contributed by atoms with van der Waals surface area (Å²) in [7, 11) is 0. The Kier molecular flexibility index (Phi) is 2.60. The molecule has 3 aromatic heterocycles. The Labute approximate surface area is 162 Å². The van der Waals surface area contributed by atoms with Gasteiger partial charge in [-0.2, -0.15) is 0 Å². The van der Waals surface area contributed by atoms with Gasteiger partial charge in [-0.05, 0) is 36.4 Å². The molecule has 3 heterocycles. The zero-order chi connectivity index (χ0) is 19.1. The van der Waals surface area contributed by atoms with Gasteiger partial charge in [0.05, 0.1) is 10.8 Å². The maximum absolute atomic E-state index is 13.6. The van der Waals surface area contributed by atoms with Crippen molar-refractivity contribution in [1.29, 1.82) is 0 Å². The maximum atomic E-state index is 13.6. The Balaban J connectivity index is 1.72. The summed E-state index contributed by atoms with van der Waals surface area (Å²) in [6, 6.07) is 22.9. The molecule has 0 aliphatic rings. The van der Waals surface area contributed by atoms with Gasteiger partial charge in [0, 0.05) is 21.5 Å². The van der Waals surface area contributed by atoms with Gasteiger partial charge in [-0.3, -0.25) is 4.79 Å². The summed E-state index contributed by atoms with van der Waals surface area (Å²) in [5.74, 6) is 0. The molecule has 0 amide bonds. The number of fused-ring (bicyclic) bond motifs is 9. The summed E-state index contributed by atoms with van der Waals surface area (Å²) in [5.41, 5.74) is 3.91. The molecule has 136 valence electrons. The normalized spacial score (nSPS) is 12.3. The number of para-hydroxylation sites is 2. The van der Waals surface area contributed by atoms with Gasteiger partial charge < -0.3 is 13.3 Å². The monoisotopic (exact) mass is 376 g/mol. The largest absolute Gasteiger partial charge is 0.456 e. The highest BCUT2D eigenvalue weighted by atomic mass is 16.3. The van der Waals surface area contributed by atoms with Crippen LogP contribution in [0.1, 0.15) is 0 Å². The van der Waals surface area contributed by atoms with E-state index >= 15 is 0 Å². The zero-order valence-corrected chi connectivity index (χ0v) is 15.1. The van der Waals surface area contributed by atoms with Crippen molar-refractivity contribution in [2.24, 2.45) is 0 Å². The average molecular weight is 376 g/mol. The zero-order valence-electron chi connectivity index (χ0n) is 15.1. The lowest BCUT2D eigenvalue weighted by atomic mass is 10.0. The van der Waals surface area contributed by atoms with Gasteiger partial charge in [0.1, 0.15) is 33.5 Å². The van der Waals surface area contributed by atoms with Gasteiger partial charge in [-0.25, -0.2) is 0 Å². The molecule has 0 bridgehead atoms. The van der Waals surface area contributed by atoms with Crippen molar-refractivity contribution in [2.75, 3.05) is 0 Å². The molecule has 0 atom stereocenters. The molecular weight excluding hydrogens is 364 g/mol. The Morgan fingerprint density at radius 3 is 1.83 bits per heavy atom. The van der Waals surface area contributed by atoms with Gasteiger partial charge >= 0.3 is 0 Å². The third-order valence-corrected chi connectivity index (χ3v) is 5.68. The molecule has 4 nitrogen and oxygen atoms in total. The highest BCUT2D eigenvalue weighted by Crippen LogP contribution is 2.36. The fraction of sp³-hybridized carbons (Fsp3) is 0. The SMILES string of the molecule is O=c1c2cc3oc4ccccc4c3cc2oc2ccc3oc4ccccc4c3c12. The smallest absolute Gasteiger partial charge is 0.201 e. The highest BCUT2D eigenvalue weighted by Gasteiger charge is 2.18. The van der Waals surface area contributed by atoms with Gasteiger partial charge in [-0.1, -0.05) is 36.4 Å². The van der Waals surface area contributed by atoms with Gasteiger partial charge in [0.25, 0.3) is 0 Å². The molecule has 7 rings (SSSR count). The summed E-state index contributed by atoms with van der Waals surface area (Å²) < 4.78 is 18.1. The first-order valence-corrected chi connectivity index (χ1v) is 9.40. The minimum atomic E-state index is -0.0826.